The van der Waals surface area contributed by atoms with Crippen molar-refractivity contribution in [2.75, 3.05) is 0 Å². The Kier molecular flexibility index (Phi) is 8.07. The standard InChI is InChI=1S/C32H34N2O3/c1-31(2,3)34-37-30(36)29(23-24-19-21-28(35)22-20-24)33-32(25-13-7-4-8-14-25,26-15-9-5-10-16-26)27-17-11-6-12-18-27/h4-22,29,33-35H,23H2,1-3H3/q+1/t29-/m0/s1. The summed E-state index contributed by atoms with van der Waals surface area (Å²) in [5, 5.41) is 13.5. The van der Waals surface area contributed by atoms with Crippen molar-refractivity contribution in [2.45, 2.75) is 44.3 Å². The number of aromatic hydroxyl groups is 1. The Morgan fingerprint density at radius 2 is 1.16 bits per heavy atom. The third kappa shape index (κ3) is 6.45. The fraction of sp³-hybridized carbons (Fsp3) is 0.219. The zero-order valence-electron chi connectivity index (χ0n) is 21.5. The highest BCUT2D eigenvalue weighted by Crippen LogP contribution is 2.37. The lowest BCUT2D eigenvalue weighted by atomic mass is 9.76. The van der Waals surface area contributed by atoms with Gasteiger partial charge >= 0.3 is 5.97 Å². The van der Waals surface area contributed by atoms with Crippen LogP contribution in [-0.2, 0) is 21.6 Å². The molecule has 4 aromatic rings. The van der Waals surface area contributed by atoms with Crippen LogP contribution in [-0.4, -0.2) is 22.7 Å². The summed E-state index contributed by atoms with van der Waals surface area (Å²) in [4.78, 5) is 19.3. The lowest BCUT2D eigenvalue weighted by Crippen LogP contribution is -2.55. The van der Waals surface area contributed by atoms with Crippen LogP contribution in [0.2, 0.25) is 0 Å². The second-order valence-electron chi connectivity index (χ2n) is 10.2. The first-order valence-electron chi connectivity index (χ1n) is 12.5. The Hall–Kier alpha value is -3.93. The normalized spacial score (nSPS) is 12.6. The number of hydrogen-bond donors (Lipinski definition) is 3. The number of carbonyl (C=O) groups is 1. The molecule has 0 amide bonds. The van der Waals surface area contributed by atoms with Crippen molar-refractivity contribution in [2.24, 2.45) is 0 Å². The Balaban J connectivity index is 1.86. The maximum atomic E-state index is 13.6. The first-order valence-corrected chi connectivity index (χ1v) is 12.5. The van der Waals surface area contributed by atoms with Crippen LogP contribution in [0.5, 0.6) is 5.75 Å². The van der Waals surface area contributed by atoms with E-state index in [4.69, 9.17) is 4.84 Å². The van der Waals surface area contributed by atoms with Crippen LogP contribution in [0.1, 0.15) is 43.0 Å². The fourth-order valence-corrected chi connectivity index (χ4v) is 4.41. The maximum absolute atomic E-state index is 13.6. The summed E-state index contributed by atoms with van der Waals surface area (Å²) in [5.74, 6) is -0.243. The van der Waals surface area contributed by atoms with Gasteiger partial charge in [-0.3, -0.25) is 5.32 Å². The molecule has 189 valence electrons. The lowest BCUT2D eigenvalue weighted by Gasteiger charge is -2.38. The van der Waals surface area contributed by atoms with E-state index < -0.39 is 23.1 Å². The van der Waals surface area contributed by atoms with Gasteiger partial charge in [0.25, 0.3) is 0 Å². The second kappa shape index (κ2) is 11.4. The third-order valence-electron chi connectivity index (χ3n) is 6.13. The minimum Gasteiger partial charge on any atom is -0.508 e. The number of hydroxylamine groups is 1. The first kappa shape index (κ1) is 26.1. The number of benzene rings is 4. The van der Waals surface area contributed by atoms with E-state index in [2.05, 4.69) is 47.2 Å². The lowest BCUT2D eigenvalue weighted by molar-refractivity contribution is -0.158. The maximum Gasteiger partial charge on any atom is 0.615 e. The van der Waals surface area contributed by atoms with E-state index in [0.717, 1.165) is 22.3 Å². The van der Waals surface area contributed by atoms with Crippen LogP contribution in [0, 0.1) is 0 Å². The zero-order chi connectivity index (χ0) is 26.3. The van der Waals surface area contributed by atoms with E-state index in [-0.39, 0.29) is 5.75 Å². The molecule has 0 aliphatic carbocycles. The number of phenols is 1. The Morgan fingerprint density at radius 3 is 1.57 bits per heavy atom. The molecule has 5 nitrogen and oxygen atoms in total. The molecule has 0 aromatic heterocycles. The molecule has 0 saturated heterocycles. The van der Waals surface area contributed by atoms with Gasteiger partial charge in [0.2, 0.25) is 0 Å². The van der Waals surface area contributed by atoms with Crippen molar-refractivity contribution in [1.82, 2.24) is 10.8 Å². The van der Waals surface area contributed by atoms with Crippen molar-refractivity contribution in [3.05, 3.63) is 138 Å². The van der Waals surface area contributed by atoms with Gasteiger partial charge in [0.1, 0.15) is 5.75 Å². The molecule has 0 aliphatic rings. The summed E-state index contributed by atoms with van der Waals surface area (Å²) in [6, 6.07) is 36.6. The highest BCUT2D eigenvalue weighted by atomic mass is 16.7. The number of carbonyl (C=O) groups excluding carboxylic acids is 1. The van der Waals surface area contributed by atoms with Crippen LogP contribution in [0.4, 0.5) is 0 Å². The summed E-state index contributed by atoms with van der Waals surface area (Å²) in [5.41, 5.74) is 5.52. The molecule has 0 saturated carbocycles. The van der Waals surface area contributed by atoms with E-state index in [1.54, 1.807) is 12.1 Å². The topological polar surface area (TPSA) is 73.4 Å². The van der Waals surface area contributed by atoms with Crippen molar-refractivity contribution >= 4 is 5.97 Å². The van der Waals surface area contributed by atoms with Crippen LogP contribution in [0.3, 0.4) is 0 Å². The molecule has 0 unspecified atom stereocenters. The van der Waals surface area contributed by atoms with Crippen molar-refractivity contribution in [3.63, 3.8) is 0 Å². The summed E-state index contributed by atoms with van der Waals surface area (Å²) >= 11 is 0. The van der Waals surface area contributed by atoms with E-state index >= 15 is 0 Å². The summed E-state index contributed by atoms with van der Waals surface area (Å²) in [7, 11) is 0. The SMILES string of the molecule is CC(C)(C)NOC(=[O+])[C@H](Cc1ccc(O)cc1)NC(c1ccccc1)(c1ccccc1)c1ccccc1. The molecule has 0 aliphatic heterocycles. The van der Waals surface area contributed by atoms with Crippen LogP contribution in [0.25, 0.3) is 0 Å². The molecule has 4 aromatic carbocycles. The minimum absolute atomic E-state index is 0.178. The van der Waals surface area contributed by atoms with E-state index in [1.165, 1.54) is 0 Å². The zero-order valence-corrected chi connectivity index (χ0v) is 21.5. The van der Waals surface area contributed by atoms with Gasteiger partial charge in [-0.15, -0.1) is 0 Å². The first-order chi connectivity index (χ1) is 17.8. The average Bonchev–Trinajstić information content (AvgIpc) is 2.92. The van der Waals surface area contributed by atoms with Gasteiger partial charge in [0.05, 0.1) is 15.9 Å². The van der Waals surface area contributed by atoms with Gasteiger partial charge in [0, 0.05) is 6.42 Å². The van der Waals surface area contributed by atoms with Crippen molar-refractivity contribution < 1.29 is 14.7 Å². The van der Waals surface area contributed by atoms with Crippen LogP contribution < -0.4 is 10.8 Å². The van der Waals surface area contributed by atoms with Gasteiger partial charge < -0.3 is 5.11 Å². The summed E-state index contributed by atoms with van der Waals surface area (Å²) in [6.45, 7) is 5.81. The van der Waals surface area contributed by atoms with Gasteiger partial charge in [0.15, 0.2) is 6.04 Å². The summed E-state index contributed by atoms with van der Waals surface area (Å²) < 4.78 is 0. The van der Waals surface area contributed by atoms with Crippen molar-refractivity contribution in [3.8, 4) is 5.75 Å². The molecular formula is C32H34N2O3+. The largest absolute Gasteiger partial charge is 0.615 e. The summed E-state index contributed by atoms with van der Waals surface area (Å²) in [6.07, 6.45) is 0.360. The van der Waals surface area contributed by atoms with E-state index in [1.807, 2.05) is 87.5 Å². The van der Waals surface area contributed by atoms with Gasteiger partial charge in [-0.1, -0.05) is 103 Å². The predicted molar refractivity (Wildman–Crippen MR) is 147 cm³/mol. The second-order valence-corrected chi connectivity index (χ2v) is 10.2. The van der Waals surface area contributed by atoms with E-state index in [9.17, 15) is 9.90 Å². The van der Waals surface area contributed by atoms with Crippen molar-refractivity contribution in [1.29, 1.82) is 0 Å². The predicted octanol–water partition coefficient (Wildman–Crippen LogP) is 5.73. The smallest absolute Gasteiger partial charge is 0.508 e. The third-order valence-corrected chi connectivity index (χ3v) is 6.13. The molecule has 3 N–H and O–H groups in total. The quantitative estimate of drug-likeness (QED) is 0.157. The Labute approximate surface area is 219 Å². The molecule has 37 heavy (non-hydrogen) atoms. The van der Waals surface area contributed by atoms with Crippen LogP contribution in [0.15, 0.2) is 115 Å². The van der Waals surface area contributed by atoms with Gasteiger partial charge in [-0.25, -0.2) is 0 Å². The molecule has 1 atom stereocenters. The number of nitrogens with one attached hydrogen (secondary N) is 2. The Bertz CT molecular complexity index is 1170. The number of phenolic OH excluding ortho intramolecular Hbond substituents is 1. The molecular weight excluding hydrogens is 460 g/mol. The Morgan fingerprint density at radius 1 is 0.730 bits per heavy atom. The molecule has 5 heteroatoms. The molecule has 0 bridgehead atoms. The van der Waals surface area contributed by atoms with E-state index in [0.29, 0.717) is 6.42 Å². The minimum atomic E-state index is -0.841. The monoisotopic (exact) mass is 494 g/mol. The average molecular weight is 495 g/mol. The molecule has 0 fully saturated rings. The molecule has 1 radical (unpaired) electrons. The number of hydrogen-bond acceptors (Lipinski definition) is 5. The highest BCUT2D eigenvalue weighted by molar-refractivity contribution is 5.76. The van der Waals surface area contributed by atoms with Gasteiger partial charge in [-0.05, 0) is 60.6 Å². The fourth-order valence-electron chi connectivity index (χ4n) is 4.41. The number of rotatable bonds is 9. The highest BCUT2D eigenvalue weighted by Gasteiger charge is 2.44. The molecule has 0 spiro atoms. The van der Waals surface area contributed by atoms with Crippen LogP contribution >= 0.6 is 0 Å². The molecule has 0 heterocycles. The van der Waals surface area contributed by atoms with Gasteiger partial charge in [-0.2, -0.15) is 4.84 Å². The molecule has 4 rings (SSSR count).